The molecule has 1 heterocycles. The Balaban J connectivity index is 2.00. The molecule has 0 saturated heterocycles. The molecule has 0 aliphatic carbocycles. The van der Waals surface area contributed by atoms with Gasteiger partial charge in [-0.25, -0.2) is 9.97 Å². The predicted octanol–water partition coefficient (Wildman–Crippen LogP) is 3.39. The quantitative estimate of drug-likeness (QED) is 0.926. The van der Waals surface area contributed by atoms with E-state index >= 15 is 0 Å². The number of ether oxygens (including phenoxy) is 1. The van der Waals surface area contributed by atoms with Crippen molar-refractivity contribution in [2.45, 2.75) is 32.8 Å². The molecule has 0 aliphatic heterocycles. The summed E-state index contributed by atoms with van der Waals surface area (Å²) in [7, 11) is 1.82. The van der Waals surface area contributed by atoms with E-state index in [1.54, 1.807) is 6.07 Å². The fraction of sp³-hybridized carbons (Fsp3) is 0.375. The molecule has 0 unspecified atom stereocenters. The molecule has 20 heavy (non-hydrogen) atoms. The van der Waals surface area contributed by atoms with E-state index in [9.17, 15) is 0 Å². The highest BCUT2D eigenvalue weighted by Gasteiger charge is 2.12. The molecule has 2 aromatic rings. The van der Waals surface area contributed by atoms with Crippen LogP contribution in [0.4, 0.5) is 5.82 Å². The number of aromatic nitrogens is 2. The minimum absolute atomic E-state index is 0.174. The third kappa shape index (κ3) is 3.70. The Kier molecular flexibility index (Phi) is 4.23. The van der Waals surface area contributed by atoms with E-state index in [0.717, 1.165) is 11.4 Å². The van der Waals surface area contributed by atoms with Crippen LogP contribution >= 0.6 is 0 Å². The van der Waals surface area contributed by atoms with Gasteiger partial charge in [-0.05, 0) is 16.5 Å². The maximum absolute atomic E-state index is 5.67. The van der Waals surface area contributed by atoms with Crippen molar-refractivity contribution in [1.29, 1.82) is 0 Å². The fourth-order valence-electron chi connectivity index (χ4n) is 1.81. The van der Waals surface area contributed by atoms with E-state index in [1.807, 2.05) is 7.05 Å². The highest BCUT2D eigenvalue weighted by molar-refractivity contribution is 5.36. The zero-order valence-electron chi connectivity index (χ0n) is 12.5. The SMILES string of the molecule is CNc1cc(OCc2ccc(C(C)(C)C)cc2)ncn1. The van der Waals surface area contributed by atoms with Gasteiger partial charge in [-0.1, -0.05) is 45.0 Å². The number of benzene rings is 1. The Morgan fingerprint density at radius 3 is 2.40 bits per heavy atom. The number of anilines is 1. The van der Waals surface area contributed by atoms with E-state index < -0.39 is 0 Å². The molecule has 1 aromatic heterocycles. The van der Waals surface area contributed by atoms with Crippen LogP contribution in [0.15, 0.2) is 36.7 Å². The van der Waals surface area contributed by atoms with Gasteiger partial charge in [-0.3, -0.25) is 0 Å². The molecule has 0 saturated carbocycles. The number of hydrogen-bond acceptors (Lipinski definition) is 4. The van der Waals surface area contributed by atoms with Crippen molar-refractivity contribution in [2.75, 3.05) is 12.4 Å². The molecule has 2 rings (SSSR count). The van der Waals surface area contributed by atoms with E-state index in [2.05, 4.69) is 60.3 Å². The van der Waals surface area contributed by atoms with Crippen LogP contribution in [0.5, 0.6) is 5.88 Å². The molecule has 0 radical (unpaired) electrons. The van der Waals surface area contributed by atoms with Gasteiger partial charge >= 0.3 is 0 Å². The van der Waals surface area contributed by atoms with Crippen LogP contribution < -0.4 is 10.1 Å². The van der Waals surface area contributed by atoms with Crippen molar-refractivity contribution in [3.8, 4) is 5.88 Å². The Morgan fingerprint density at radius 1 is 1.10 bits per heavy atom. The molecule has 4 heteroatoms. The minimum Gasteiger partial charge on any atom is -0.473 e. The van der Waals surface area contributed by atoms with E-state index in [4.69, 9.17) is 4.74 Å². The standard InChI is InChI=1S/C16H21N3O/c1-16(2,3)13-7-5-12(6-8-13)10-20-15-9-14(17-4)18-11-19-15/h5-9,11H,10H2,1-4H3,(H,17,18,19). The molecular formula is C16H21N3O. The lowest BCUT2D eigenvalue weighted by Crippen LogP contribution is -2.10. The van der Waals surface area contributed by atoms with E-state index in [-0.39, 0.29) is 5.41 Å². The maximum Gasteiger partial charge on any atom is 0.218 e. The summed E-state index contributed by atoms with van der Waals surface area (Å²) in [4.78, 5) is 8.14. The first-order valence-electron chi connectivity index (χ1n) is 6.71. The molecule has 4 nitrogen and oxygen atoms in total. The second-order valence-electron chi connectivity index (χ2n) is 5.73. The summed E-state index contributed by atoms with van der Waals surface area (Å²) in [6.45, 7) is 7.13. The van der Waals surface area contributed by atoms with Crippen molar-refractivity contribution in [1.82, 2.24) is 9.97 Å². The fourth-order valence-corrected chi connectivity index (χ4v) is 1.81. The lowest BCUT2D eigenvalue weighted by atomic mass is 9.87. The zero-order valence-corrected chi connectivity index (χ0v) is 12.5. The van der Waals surface area contributed by atoms with Crippen LogP contribution in [-0.2, 0) is 12.0 Å². The molecule has 0 atom stereocenters. The number of rotatable bonds is 4. The monoisotopic (exact) mass is 271 g/mol. The van der Waals surface area contributed by atoms with E-state index in [1.165, 1.54) is 11.9 Å². The van der Waals surface area contributed by atoms with E-state index in [0.29, 0.717) is 12.5 Å². The van der Waals surface area contributed by atoms with Crippen LogP contribution in [0.3, 0.4) is 0 Å². The lowest BCUT2D eigenvalue weighted by molar-refractivity contribution is 0.293. The smallest absolute Gasteiger partial charge is 0.218 e. The molecule has 0 fully saturated rings. The largest absolute Gasteiger partial charge is 0.473 e. The average Bonchev–Trinajstić information content (AvgIpc) is 2.45. The van der Waals surface area contributed by atoms with Gasteiger partial charge < -0.3 is 10.1 Å². The third-order valence-electron chi connectivity index (χ3n) is 3.10. The molecule has 0 amide bonds. The molecular weight excluding hydrogens is 250 g/mol. The molecule has 106 valence electrons. The van der Waals surface area contributed by atoms with Crippen molar-refractivity contribution < 1.29 is 4.74 Å². The third-order valence-corrected chi connectivity index (χ3v) is 3.10. The summed E-state index contributed by atoms with van der Waals surface area (Å²) in [6, 6.07) is 10.3. The summed E-state index contributed by atoms with van der Waals surface area (Å²) in [6.07, 6.45) is 1.49. The van der Waals surface area contributed by atoms with Crippen molar-refractivity contribution in [3.05, 3.63) is 47.8 Å². The average molecular weight is 271 g/mol. The van der Waals surface area contributed by atoms with Gasteiger partial charge in [0.1, 0.15) is 18.8 Å². The summed E-state index contributed by atoms with van der Waals surface area (Å²) < 4.78 is 5.67. The summed E-state index contributed by atoms with van der Waals surface area (Å²) in [5.41, 5.74) is 2.62. The number of hydrogen-bond donors (Lipinski definition) is 1. The zero-order chi connectivity index (χ0) is 14.6. The molecule has 0 bridgehead atoms. The van der Waals surface area contributed by atoms with Crippen LogP contribution in [-0.4, -0.2) is 17.0 Å². The molecule has 1 N–H and O–H groups in total. The van der Waals surface area contributed by atoms with Crippen LogP contribution in [0.1, 0.15) is 31.9 Å². The van der Waals surface area contributed by atoms with Gasteiger partial charge in [-0.2, -0.15) is 0 Å². The van der Waals surface area contributed by atoms with Crippen LogP contribution in [0.25, 0.3) is 0 Å². The molecule has 0 aliphatic rings. The van der Waals surface area contributed by atoms with Gasteiger partial charge in [0.2, 0.25) is 5.88 Å². The summed E-state index contributed by atoms with van der Waals surface area (Å²) in [5, 5.41) is 2.96. The van der Waals surface area contributed by atoms with Crippen molar-refractivity contribution in [3.63, 3.8) is 0 Å². The predicted molar refractivity (Wildman–Crippen MR) is 81.1 cm³/mol. The van der Waals surface area contributed by atoms with Crippen molar-refractivity contribution >= 4 is 5.82 Å². The van der Waals surface area contributed by atoms with Crippen molar-refractivity contribution in [2.24, 2.45) is 0 Å². The highest BCUT2D eigenvalue weighted by atomic mass is 16.5. The van der Waals surface area contributed by atoms with Crippen LogP contribution in [0.2, 0.25) is 0 Å². The second kappa shape index (κ2) is 5.90. The summed E-state index contributed by atoms with van der Waals surface area (Å²) >= 11 is 0. The maximum atomic E-state index is 5.67. The van der Waals surface area contributed by atoms with Gasteiger partial charge in [0.05, 0.1) is 0 Å². The highest BCUT2D eigenvalue weighted by Crippen LogP contribution is 2.22. The van der Waals surface area contributed by atoms with Gasteiger partial charge in [-0.15, -0.1) is 0 Å². The number of nitrogens with one attached hydrogen (secondary N) is 1. The minimum atomic E-state index is 0.174. The normalized spacial score (nSPS) is 11.2. The Morgan fingerprint density at radius 2 is 1.80 bits per heavy atom. The van der Waals surface area contributed by atoms with Gasteiger partial charge in [0.25, 0.3) is 0 Å². The Labute approximate surface area is 120 Å². The first-order valence-corrected chi connectivity index (χ1v) is 6.71. The number of nitrogens with zero attached hydrogens (tertiary/aromatic N) is 2. The summed E-state index contributed by atoms with van der Waals surface area (Å²) in [5.74, 6) is 1.32. The van der Waals surface area contributed by atoms with Gasteiger partial charge in [0.15, 0.2) is 0 Å². The topological polar surface area (TPSA) is 47.0 Å². The Bertz CT molecular complexity index is 559. The molecule has 1 aromatic carbocycles. The lowest BCUT2D eigenvalue weighted by Gasteiger charge is -2.19. The second-order valence-corrected chi connectivity index (χ2v) is 5.73. The van der Waals surface area contributed by atoms with Gasteiger partial charge in [0, 0.05) is 13.1 Å². The Hall–Kier alpha value is -2.10. The molecule has 0 spiro atoms. The first-order chi connectivity index (χ1) is 9.49. The first kappa shape index (κ1) is 14.3. The van der Waals surface area contributed by atoms with Crippen LogP contribution in [0, 0.1) is 0 Å².